The topological polar surface area (TPSA) is 109 Å². The number of imidazole rings is 1. The number of ether oxygens (including phenoxy) is 2. The number of anilines is 2. The number of Topliss-reactive ketones (excluding diaryl/α,β-unsaturated/α-hetero) is 1. The lowest BCUT2D eigenvalue weighted by Gasteiger charge is -2.53. The number of nitrogens with one attached hydrogen (secondary N) is 1. The summed E-state index contributed by atoms with van der Waals surface area (Å²) in [6.07, 6.45) is 5.59. The number of hydrogen-bond donors (Lipinski definition) is 1. The quantitative estimate of drug-likeness (QED) is 0.320. The Morgan fingerprint density at radius 2 is 2.03 bits per heavy atom. The first kappa shape index (κ1) is 25.8. The fourth-order valence-corrected chi connectivity index (χ4v) is 5.74. The number of ketones is 1. The summed E-state index contributed by atoms with van der Waals surface area (Å²) in [6.45, 7) is 9.87. The lowest BCUT2D eigenvalue weighted by molar-refractivity contribution is -0.176. The number of nitrogens with zero attached hydrogens (tertiary/aromatic N) is 6. The third-order valence-corrected chi connectivity index (χ3v) is 7.86. The standard InChI is InChI=1S/C28H32ClN7O3/c1-16(37)8-17-9-19(6-7-30-17)39-20-13-31-25-24(23(20)29)35(5)26(33-25)32-22-10-21(27(2,3)4)36(34-22)18-11-28(12-18)14-38-15-28/h6-7,9-10,13,18H,8,11-12,14-15H2,1-5H3,(H,31,32,33,34). The average Bonchev–Trinajstić information content (AvgIpc) is 3.36. The molecule has 6 rings (SSSR count). The molecule has 204 valence electrons. The van der Waals surface area contributed by atoms with E-state index < -0.39 is 0 Å². The highest BCUT2D eigenvalue weighted by molar-refractivity contribution is 6.36. The molecule has 10 nitrogen and oxygen atoms in total. The van der Waals surface area contributed by atoms with Gasteiger partial charge < -0.3 is 19.4 Å². The Morgan fingerprint density at radius 1 is 1.26 bits per heavy atom. The molecular weight excluding hydrogens is 518 g/mol. The van der Waals surface area contributed by atoms with Crippen LogP contribution in [0.3, 0.4) is 0 Å². The molecule has 39 heavy (non-hydrogen) atoms. The normalized spacial score (nSPS) is 16.8. The van der Waals surface area contributed by atoms with Crippen molar-refractivity contribution in [2.45, 2.75) is 58.4 Å². The number of rotatable bonds is 7. The summed E-state index contributed by atoms with van der Waals surface area (Å²) in [5, 5.41) is 8.73. The number of carbonyl (C=O) groups excluding carboxylic acids is 1. The van der Waals surface area contributed by atoms with Crippen LogP contribution in [0.2, 0.25) is 5.02 Å². The molecule has 0 atom stereocenters. The van der Waals surface area contributed by atoms with Crippen LogP contribution in [0.4, 0.5) is 11.8 Å². The summed E-state index contributed by atoms with van der Waals surface area (Å²) in [7, 11) is 1.88. The van der Waals surface area contributed by atoms with Gasteiger partial charge in [0.1, 0.15) is 22.1 Å². The second-order valence-corrected chi connectivity index (χ2v) is 12.2. The Balaban J connectivity index is 1.27. The van der Waals surface area contributed by atoms with Gasteiger partial charge in [-0.25, -0.2) is 4.98 Å². The van der Waals surface area contributed by atoms with Gasteiger partial charge in [0.2, 0.25) is 5.95 Å². The number of fused-ring (bicyclic) bond motifs is 1. The number of pyridine rings is 2. The number of hydrogen-bond acceptors (Lipinski definition) is 8. The van der Waals surface area contributed by atoms with Crippen LogP contribution in [0.25, 0.3) is 11.2 Å². The molecule has 5 heterocycles. The minimum atomic E-state index is -0.0630. The summed E-state index contributed by atoms with van der Waals surface area (Å²) in [6, 6.07) is 5.92. The van der Waals surface area contributed by atoms with Crippen LogP contribution in [-0.4, -0.2) is 48.3 Å². The van der Waals surface area contributed by atoms with Crippen LogP contribution in [0.5, 0.6) is 11.5 Å². The highest BCUT2D eigenvalue weighted by atomic mass is 35.5. The van der Waals surface area contributed by atoms with Gasteiger partial charge in [0.25, 0.3) is 0 Å². The number of aryl methyl sites for hydroxylation is 1. The second-order valence-electron chi connectivity index (χ2n) is 11.9. The molecule has 4 aromatic rings. The third-order valence-electron chi connectivity index (χ3n) is 7.49. The highest BCUT2D eigenvalue weighted by Crippen LogP contribution is 2.53. The van der Waals surface area contributed by atoms with Crippen molar-refractivity contribution in [3.8, 4) is 11.5 Å². The maximum Gasteiger partial charge on any atom is 0.210 e. The van der Waals surface area contributed by atoms with Crippen LogP contribution in [0.15, 0.2) is 30.6 Å². The van der Waals surface area contributed by atoms with Crippen molar-refractivity contribution in [3.05, 3.63) is 47.0 Å². The summed E-state index contributed by atoms with van der Waals surface area (Å²) < 4.78 is 15.5. The van der Waals surface area contributed by atoms with Gasteiger partial charge in [0.05, 0.1) is 31.1 Å². The van der Waals surface area contributed by atoms with Crippen molar-refractivity contribution in [2.24, 2.45) is 12.5 Å². The minimum Gasteiger partial charge on any atom is -0.454 e. The molecule has 1 aliphatic carbocycles. The Hall–Kier alpha value is -3.50. The summed E-state index contributed by atoms with van der Waals surface area (Å²) in [5.41, 5.74) is 3.22. The molecule has 1 saturated heterocycles. The molecule has 11 heteroatoms. The van der Waals surface area contributed by atoms with E-state index in [0.717, 1.165) is 31.9 Å². The third kappa shape index (κ3) is 4.76. The van der Waals surface area contributed by atoms with Crippen molar-refractivity contribution in [1.82, 2.24) is 29.3 Å². The molecule has 1 N–H and O–H groups in total. The van der Waals surface area contributed by atoms with Gasteiger partial charge in [-0.2, -0.15) is 10.1 Å². The van der Waals surface area contributed by atoms with Crippen LogP contribution < -0.4 is 10.1 Å². The van der Waals surface area contributed by atoms with E-state index >= 15 is 0 Å². The summed E-state index contributed by atoms with van der Waals surface area (Å²) in [5.74, 6) is 2.24. The van der Waals surface area contributed by atoms with Gasteiger partial charge >= 0.3 is 0 Å². The Bertz CT molecular complexity index is 1570. The van der Waals surface area contributed by atoms with E-state index in [1.807, 2.05) is 11.6 Å². The molecule has 1 saturated carbocycles. The Labute approximate surface area is 231 Å². The Morgan fingerprint density at radius 3 is 2.69 bits per heavy atom. The minimum absolute atomic E-state index is 0.0275. The fourth-order valence-electron chi connectivity index (χ4n) is 5.44. The van der Waals surface area contributed by atoms with E-state index in [1.165, 1.54) is 12.6 Å². The van der Waals surface area contributed by atoms with Gasteiger partial charge in [-0.05, 0) is 25.8 Å². The van der Waals surface area contributed by atoms with Crippen LogP contribution in [-0.2, 0) is 28.4 Å². The van der Waals surface area contributed by atoms with E-state index in [0.29, 0.717) is 50.8 Å². The average molecular weight is 550 g/mol. The lowest BCUT2D eigenvalue weighted by Crippen LogP contribution is -2.53. The van der Waals surface area contributed by atoms with Crippen LogP contribution >= 0.6 is 11.6 Å². The van der Waals surface area contributed by atoms with Crippen LogP contribution in [0, 0.1) is 5.41 Å². The molecule has 0 amide bonds. The maximum absolute atomic E-state index is 11.5. The first-order valence-corrected chi connectivity index (χ1v) is 13.5. The molecule has 1 spiro atoms. The van der Waals surface area contributed by atoms with E-state index in [4.69, 9.17) is 26.2 Å². The van der Waals surface area contributed by atoms with E-state index in [2.05, 4.69) is 51.8 Å². The molecule has 0 radical (unpaired) electrons. The SMILES string of the molecule is CC(=O)Cc1cc(Oc2cnc3nc(Nc4cc(C(C)(C)C)n(C5CC6(COC6)C5)n4)n(C)c3c2Cl)ccn1. The zero-order valence-electron chi connectivity index (χ0n) is 22.8. The predicted octanol–water partition coefficient (Wildman–Crippen LogP) is 5.53. The molecular formula is C28H32ClN7O3. The Kier molecular flexibility index (Phi) is 6.15. The molecule has 2 aliphatic rings. The smallest absolute Gasteiger partial charge is 0.210 e. The zero-order valence-corrected chi connectivity index (χ0v) is 23.5. The molecule has 0 unspecified atom stereocenters. The van der Waals surface area contributed by atoms with E-state index in [-0.39, 0.29) is 17.6 Å². The molecule has 0 bridgehead atoms. The number of halogens is 1. The predicted molar refractivity (Wildman–Crippen MR) is 148 cm³/mol. The summed E-state index contributed by atoms with van der Waals surface area (Å²) >= 11 is 6.79. The van der Waals surface area contributed by atoms with Gasteiger partial charge in [0, 0.05) is 48.3 Å². The van der Waals surface area contributed by atoms with Gasteiger partial charge in [-0.1, -0.05) is 32.4 Å². The van der Waals surface area contributed by atoms with Crippen molar-refractivity contribution in [1.29, 1.82) is 0 Å². The van der Waals surface area contributed by atoms with Crippen molar-refractivity contribution < 1.29 is 14.3 Å². The summed E-state index contributed by atoms with van der Waals surface area (Å²) in [4.78, 5) is 24.9. The van der Waals surface area contributed by atoms with Gasteiger partial charge in [0.15, 0.2) is 17.2 Å². The van der Waals surface area contributed by atoms with Gasteiger partial charge in [-0.3, -0.25) is 14.5 Å². The van der Waals surface area contributed by atoms with Crippen LogP contribution in [0.1, 0.15) is 58.0 Å². The maximum atomic E-state index is 11.5. The number of aromatic nitrogens is 6. The lowest BCUT2D eigenvalue weighted by atomic mass is 9.64. The molecule has 1 aliphatic heterocycles. The van der Waals surface area contributed by atoms with Gasteiger partial charge in [-0.15, -0.1) is 0 Å². The molecule has 2 fully saturated rings. The van der Waals surface area contributed by atoms with Crippen molar-refractivity contribution >= 4 is 40.3 Å². The highest BCUT2D eigenvalue weighted by Gasteiger charge is 2.51. The first-order valence-electron chi connectivity index (χ1n) is 13.1. The first-order chi connectivity index (χ1) is 18.5. The largest absolute Gasteiger partial charge is 0.454 e. The zero-order chi connectivity index (χ0) is 27.5. The molecule has 0 aromatic carbocycles. The molecule has 4 aromatic heterocycles. The van der Waals surface area contributed by atoms with Crippen molar-refractivity contribution in [3.63, 3.8) is 0 Å². The van der Waals surface area contributed by atoms with E-state index in [9.17, 15) is 4.79 Å². The second kappa shape index (κ2) is 9.31. The van der Waals surface area contributed by atoms with Crippen molar-refractivity contribution in [2.75, 3.05) is 18.5 Å². The number of carbonyl (C=O) groups is 1. The monoisotopic (exact) mass is 549 g/mol. The van der Waals surface area contributed by atoms with E-state index in [1.54, 1.807) is 24.5 Å². The fraction of sp³-hybridized carbons (Fsp3) is 0.464.